The first kappa shape index (κ1) is 32.5. The Morgan fingerprint density at radius 3 is 2.18 bits per heavy atom. The van der Waals surface area contributed by atoms with Crippen LogP contribution in [0.4, 0.5) is 0 Å². The molecule has 0 unspecified atom stereocenters. The van der Waals surface area contributed by atoms with Crippen molar-refractivity contribution in [2.45, 2.75) is 115 Å². The van der Waals surface area contributed by atoms with Gasteiger partial charge in [-0.15, -0.1) is 0 Å². The minimum atomic E-state index is -1.36. The number of likely N-dealkylation sites (N-methyl/N-ethyl adjacent to an activating group) is 1. The van der Waals surface area contributed by atoms with E-state index >= 15 is 0 Å². The number of rotatable bonds is 14. The number of carbonyl (C=O) groups excluding carboxylic acids is 4. The average molecular weight is 552 g/mol. The van der Waals surface area contributed by atoms with E-state index in [1.807, 2.05) is 0 Å². The molecule has 0 radical (unpaired) electrons. The Balaban J connectivity index is 1.84. The number of nitrogens with one attached hydrogen (secondary N) is 4. The van der Waals surface area contributed by atoms with Crippen LogP contribution < -0.4 is 21.3 Å². The maximum Gasteiger partial charge on any atom is 0.305 e. The lowest BCUT2D eigenvalue weighted by molar-refractivity contribution is -0.142. The van der Waals surface area contributed by atoms with Crippen molar-refractivity contribution in [1.29, 1.82) is 0 Å². The maximum absolute atomic E-state index is 12.8. The van der Waals surface area contributed by atoms with E-state index in [1.165, 1.54) is 18.2 Å². The lowest BCUT2D eigenvalue weighted by Crippen LogP contribution is -2.55. The molecule has 1 saturated carbocycles. The van der Waals surface area contributed by atoms with Crippen molar-refractivity contribution in [2.75, 3.05) is 26.2 Å². The molecule has 0 bridgehead atoms. The van der Waals surface area contributed by atoms with Gasteiger partial charge in [0.15, 0.2) is 0 Å². The van der Waals surface area contributed by atoms with Crippen molar-refractivity contribution in [3.05, 3.63) is 0 Å². The second-order valence-electron chi connectivity index (χ2n) is 11.0. The van der Waals surface area contributed by atoms with E-state index in [0.717, 1.165) is 77.3 Å². The van der Waals surface area contributed by atoms with Crippen LogP contribution in [0.3, 0.4) is 0 Å². The van der Waals surface area contributed by atoms with Crippen LogP contribution in [0, 0.1) is 5.92 Å². The number of carboxylic acids is 1. The zero-order valence-electron chi connectivity index (χ0n) is 23.8. The van der Waals surface area contributed by atoms with E-state index in [1.54, 1.807) is 6.92 Å². The summed E-state index contributed by atoms with van der Waals surface area (Å²) in [6, 6.07) is -2.19. The van der Waals surface area contributed by atoms with E-state index in [9.17, 15) is 29.1 Å². The molecule has 2 rings (SSSR count). The molecule has 0 spiro atoms. The molecule has 11 nitrogen and oxygen atoms in total. The van der Waals surface area contributed by atoms with Gasteiger partial charge in [-0.2, -0.15) is 0 Å². The van der Waals surface area contributed by atoms with Gasteiger partial charge in [-0.1, -0.05) is 32.1 Å². The zero-order valence-corrected chi connectivity index (χ0v) is 23.8. The summed E-state index contributed by atoms with van der Waals surface area (Å²) in [5.41, 5.74) is 0. The summed E-state index contributed by atoms with van der Waals surface area (Å²) in [6.07, 6.45) is 11.1. The van der Waals surface area contributed by atoms with Gasteiger partial charge in [0.05, 0.1) is 13.0 Å². The lowest BCUT2D eigenvalue weighted by atomic mass is 9.92. The van der Waals surface area contributed by atoms with Gasteiger partial charge in [0.2, 0.25) is 23.6 Å². The highest BCUT2D eigenvalue weighted by atomic mass is 16.4. The topological polar surface area (TPSA) is 157 Å². The first-order chi connectivity index (χ1) is 18.7. The Kier molecular flexibility index (Phi) is 14.9. The number of carbonyl (C=O) groups is 5. The monoisotopic (exact) mass is 551 g/mol. The number of hydrogen-bond donors (Lipinski definition) is 5. The highest BCUT2D eigenvalue weighted by Gasteiger charge is 2.28. The number of hydrogen-bond acceptors (Lipinski definition) is 6. The molecule has 222 valence electrons. The Labute approximate surface area is 232 Å². The number of nitrogens with zero attached hydrogens (tertiary/aromatic N) is 1. The average Bonchev–Trinajstić information content (AvgIpc) is 2.88. The van der Waals surface area contributed by atoms with E-state index in [4.69, 9.17) is 0 Å². The smallest absolute Gasteiger partial charge is 0.305 e. The summed E-state index contributed by atoms with van der Waals surface area (Å²) >= 11 is 0. The van der Waals surface area contributed by atoms with Gasteiger partial charge >= 0.3 is 5.97 Å². The summed E-state index contributed by atoms with van der Waals surface area (Å²) in [5.74, 6) is -2.47. The predicted octanol–water partition coefficient (Wildman–Crippen LogP) is 1.70. The molecule has 2 fully saturated rings. The van der Waals surface area contributed by atoms with E-state index in [2.05, 4.69) is 21.3 Å². The molecule has 1 aliphatic carbocycles. The predicted molar refractivity (Wildman–Crippen MR) is 148 cm³/mol. The summed E-state index contributed by atoms with van der Waals surface area (Å²) in [4.78, 5) is 63.7. The molecule has 0 aromatic carbocycles. The van der Waals surface area contributed by atoms with E-state index < -0.39 is 36.3 Å². The van der Waals surface area contributed by atoms with Crippen molar-refractivity contribution < 1.29 is 29.1 Å². The molecule has 4 amide bonds. The van der Waals surface area contributed by atoms with Crippen LogP contribution in [-0.4, -0.2) is 83.9 Å². The Morgan fingerprint density at radius 1 is 0.923 bits per heavy atom. The number of amides is 4. The van der Waals surface area contributed by atoms with Gasteiger partial charge in [-0.05, 0) is 71.4 Å². The van der Waals surface area contributed by atoms with Crippen LogP contribution in [0.2, 0.25) is 0 Å². The fourth-order valence-corrected chi connectivity index (χ4v) is 5.35. The van der Waals surface area contributed by atoms with Crippen LogP contribution in [0.25, 0.3) is 0 Å². The maximum atomic E-state index is 12.8. The molecule has 2 aliphatic rings. The summed E-state index contributed by atoms with van der Waals surface area (Å²) in [6.45, 7) is 5.40. The summed E-state index contributed by atoms with van der Waals surface area (Å²) in [7, 11) is 0. The largest absolute Gasteiger partial charge is 0.481 e. The highest BCUT2D eigenvalue weighted by Crippen LogP contribution is 2.19. The Hall–Kier alpha value is -2.69. The molecular weight excluding hydrogens is 502 g/mol. The van der Waals surface area contributed by atoms with Crippen molar-refractivity contribution in [3.8, 4) is 0 Å². The minimum absolute atomic E-state index is 0.0592. The SMILES string of the molecule is CCN(CC(=O)N[C@@H](CC(=O)O)C(=O)N[C@@H](C)C(=O)NC1CCCCCCC1)C(=O)CCCC1CCNCC1. The van der Waals surface area contributed by atoms with Gasteiger partial charge in [0.1, 0.15) is 12.1 Å². The first-order valence-electron chi connectivity index (χ1n) is 14.8. The van der Waals surface area contributed by atoms with Crippen LogP contribution >= 0.6 is 0 Å². The third kappa shape index (κ3) is 12.8. The molecule has 39 heavy (non-hydrogen) atoms. The highest BCUT2D eigenvalue weighted by molar-refractivity contribution is 5.94. The zero-order chi connectivity index (χ0) is 28.6. The molecule has 11 heteroatoms. The van der Waals surface area contributed by atoms with Gasteiger partial charge in [0.25, 0.3) is 0 Å². The molecule has 1 saturated heterocycles. The fourth-order valence-electron chi connectivity index (χ4n) is 5.35. The lowest BCUT2D eigenvalue weighted by Gasteiger charge is -2.25. The molecule has 1 aliphatic heterocycles. The van der Waals surface area contributed by atoms with Crippen LogP contribution in [0.1, 0.15) is 97.3 Å². The number of aliphatic carboxylic acids is 1. The van der Waals surface area contributed by atoms with Crippen molar-refractivity contribution in [3.63, 3.8) is 0 Å². The minimum Gasteiger partial charge on any atom is -0.481 e. The van der Waals surface area contributed by atoms with E-state index in [0.29, 0.717) is 18.9 Å². The third-order valence-electron chi connectivity index (χ3n) is 7.76. The molecule has 1 heterocycles. The van der Waals surface area contributed by atoms with Crippen molar-refractivity contribution >= 4 is 29.6 Å². The van der Waals surface area contributed by atoms with Crippen molar-refractivity contribution in [1.82, 2.24) is 26.2 Å². The third-order valence-corrected chi connectivity index (χ3v) is 7.76. The quantitative estimate of drug-likeness (QED) is 0.220. The summed E-state index contributed by atoms with van der Waals surface area (Å²) < 4.78 is 0. The van der Waals surface area contributed by atoms with E-state index in [-0.39, 0.29) is 24.4 Å². The first-order valence-corrected chi connectivity index (χ1v) is 14.8. The van der Waals surface area contributed by atoms with Gasteiger partial charge in [0, 0.05) is 19.0 Å². The number of piperidine rings is 1. The second kappa shape index (κ2) is 17.8. The Morgan fingerprint density at radius 2 is 1.56 bits per heavy atom. The van der Waals surface area contributed by atoms with Crippen LogP contribution in [0.5, 0.6) is 0 Å². The van der Waals surface area contributed by atoms with Crippen LogP contribution in [0.15, 0.2) is 0 Å². The normalized spacial score (nSPS) is 18.6. The second-order valence-corrected chi connectivity index (χ2v) is 11.0. The standard InChI is InChI=1S/C28H49N5O6/c1-3-33(25(35)13-9-10-21-14-16-29-17-15-21)19-24(34)32-23(18-26(36)37)28(39)30-20(2)27(38)31-22-11-7-5-4-6-8-12-22/h20-23,29H,3-19H2,1-2H3,(H,30,39)(H,31,38)(H,32,34)(H,36,37)/t20-,23-/m0/s1. The van der Waals surface area contributed by atoms with Crippen molar-refractivity contribution in [2.24, 2.45) is 5.92 Å². The Bertz CT molecular complexity index is 808. The summed E-state index contributed by atoms with van der Waals surface area (Å²) in [5, 5.41) is 20.6. The fraction of sp³-hybridized carbons (Fsp3) is 0.821. The van der Waals surface area contributed by atoms with Gasteiger partial charge in [-0.3, -0.25) is 24.0 Å². The molecule has 5 N–H and O–H groups in total. The molecule has 2 atom stereocenters. The van der Waals surface area contributed by atoms with Gasteiger partial charge < -0.3 is 31.3 Å². The van der Waals surface area contributed by atoms with Gasteiger partial charge in [-0.25, -0.2) is 0 Å². The molecule has 0 aromatic rings. The van der Waals surface area contributed by atoms with Crippen LogP contribution in [-0.2, 0) is 24.0 Å². The number of carboxylic acid groups (broad SMARTS) is 1. The molecule has 0 aromatic heterocycles. The molecular formula is C28H49N5O6.